The summed E-state index contributed by atoms with van der Waals surface area (Å²) in [4.78, 5) is 27.2. The van der Waals surface area contributed by atoms with E-state index >= 15 is 0 Å². The van der Waals surface area contributed by atoms with Crippen LogP contribution in [0.5, 0.6) is 0 Å². The maximum absolute atomic E-state index is 13.6. The fraction of sp³-hybridized carbons (Fsp3) is 0.795. The number of allylic oxidation sites excluding steroid dienone is 1. The smallest absolute Gasteiger partial charge is 0.307 e. The molecule has 10 nitrogen and oxygen atoms in total. The fourth-order valence-electron chi connectivity index (χ4n) is 13.0. The molecule has 13 atom stereocenters. The summed E-state index contributed by atoms with van der Waals surface area (Å²) in [6.45, 7) is 28.1. The molecule has 0 radical (unpaired) electrons. The van der Waals surface area contributed by atoms with Crippen LogP contribution < -0.4 is 5.73 Å². The molecule has 54 heavy (non-hydrogen) atoms. The number of carboxylic acids is 1. The molecule has 298 valence electrons. The van der Waals surface area contributed by atoms with Crippen LogP contribution in [0.1, 0.15) is 128 Å². The van der Waals surface area contributed by atoms with Crippen LogP contribution in [0.4, 0.5) is 0 Å². The number of ether oxygens (including phenoxy) is 2. The lowest BCUT2D eigenvalue weighted by Crippen LogP contribution is -2.71. The Morgan fingerprint density at radius 1 is 1.07 bits per heavy atom. The maximum Gasteiger partial charge on any atom is 0.307 e. The molecule has 2 aromatic rings. The molecule has 2 bridgehead atoms. The molecular formula is C44H68N6O4. The minimum atomic E-state index is -0.632. The van der Waals surface area contributed by atoms with Crippen LogP contribution in [0.2, 0.25) is 0 Å². The number of aromatic nitrogens is 5. The molecule has 10 heteroatoms. The molecule has 13 unspecified atom stereocenters. The van der Waals surface area contributed by atoms with Gasteiger partial charge in [-0.05, 0) is 104 Å². The van der Waals surface area contributed by atoms with Gasteiger partial charge in [-0.3, -0.25) is 4.79 Å². The Hall–Kier alpha value is -2.69. The number of fused-ring (bicyclic) bond motifs is 3. The molecule has 4 aliphatic carbocycles. The molecule has 1 saturated heterocycles. The van der Waals surface area contributed by atoms with Crippen LogP contribution in [0.15, 0.2) is 36.6 Å². The van der Waals surface area contributed by atoms with Crippen LogP contribution in [0, 0.1) is 62.1 Å². The van der Waals surface area contributed by atoms with Gasteiger partial charge in [0.2, 0.25) is 0 Å². The van der Waals surface area contributed by atoms with E-state index in [1.807, 2.05) is 6.07 Å². The van der Waals surface area contributed by atoms with Gasteiger partial charge in [0.1, 0.15) is 18.3 Å². The molecule has 0 spiro atoms. The molecule has 2 aromatic heterocycles. The van der Waals surface area contributed by atoms with Crippen molar-refractivity contribution in [2.24, 2.45) is 67.8 Å². The van der Waals surface area contributed by atoms with Gasteiger partial charge in [0.05, 0.1) is 37.4 Å². The van der Waals surface area contributed by atoms with Crippen LogP contribution in [0.3, 0.4) is 0 Å². The highest BCUT2D eigenvalue weighted by Crippen LogP contribution is 2.76. The molecule has 4 fully saturated rings. The average molecular weight is 745 g/mol. The lowest BCUT2D eigenvalue weighted by Gasteiger charge is -2.72. The third kappa shape index (κ3) is 5.38. The number of carboxylic acid groups (broad SMARTS) is 1. The van der Waals surface area contributed by atoms with E-state index in [1.165, 1.54) is 5.57 Å². The zero-order valence-electron chi connectivity index (χ0n) is 35.1. The van der Waals surface area contributed by atoms with Gasteiger partial charge in [-0.1, -0.05) is 80.9 Å². The van der Waals surface area contributed by atoms with Crippen molar-refractivity contribution in [2.45, 2.75) is 145 Å². The van der Waals surface area contributed by atoms with Crippen molar-refractivity contribution < 1.29 is 19.4 Å². The Bertz CT molecular complexity index is 1770. The second-order valence-corrected chi connectivity index (χ2v) is 21.0. The lowest BCUT2D eigenvalue weighted by atomic mass is 9.33. The van der Waals surface area contributed by atoms with E-state index in [0.29, 0.717) is 36.8 Å². The van der Waals surface area contributed by atoms with E-state index in [9.17, 15) is 9.90 Å². The minimum absolute atomic E-state index is 0.0357. The standard InChI is InChI=1S/C44H68N6O4/c1-26(2)27(3)39(8)18-19-41(10)29-13-14-33-40(9)22-53-28(4)44(33,30(29)15-17-42(41,11)34(39)37(51)52)21-32(35(40)54-23-43(12,45)38(5,6)7)50-36(48-25-49-50)31-16-20-46-24-47-31/h15-16,20,24-29,32-35H,13-14,17-19,21-23,45H2,1-12H3,(H,51,52). The van der Waals surface area contributed by atoms with Gasteiger partial charge in [0, 0.05) is 22.6 Å². The van der Waals surface area contributed by atoms with E-state index in [1.54, 1.807) is 18.9 Å². The normalized spacial score (nSPS) is 42.2. The molecule has 3 saturated carbocycles. The zero-order valence-corrected chi connectivity index (χ0v) is 35.1. The van der Waals surface area contributed by atoms with Gasteiger partial charge < -0.3 is 20.3 Å². The maximum atomic E-state index is 13.6. The second kappa shape index (κ2) is 12.9. The molecule has 3 heterocycles. The van der Waals surface area contributed by atoms with E-state index in [4.69, 9.17) is 25.3 Å². The summed E-state index contributed by atoms with van der Waals surface area (Å²) in [5.41, 5.74) is 6.99. The number of rotatable bonds is 8. The van der Waals surface area contributed by atoms with Crippen molar-refractivity contribution in [1.29, 1.82) is 0 Å². The van der Waals surface area contributed by atoms with Crippen molar-refractivity contribution in [1.82, 2.24) is 24.7 Å². The Morgan fingerprint density at radius 2 is 1.80 bits per heavy atom. The minimum Gasteiger partial charge on any atom is -0.481 e. The second-order valence-electron chi connectivity index (χ2n) is 21.0. The topological polar surface area (TPSA) is 138 Å². The first-order valence-corrected chi connectivity index (χ1v) is 20.7. The SMILES string of the molecule is CC(C)C(C)C1(C)CCC2(C)C3CCC4C5(C)COC(C)C4(CC(n4ncnc4-c4ccncn4)C5OCC(C)(N)C(C)(C)C)C3=CCC2(C)C1C(=O)O. The Morgan fingerprint density at radius 3 is 2.43 bits per heavy atom. The number of hydrogen-bond acceptors (Lipinski definition) is 8. The summed E-state index contributed by atoms with van der Waals surface area (Å²) in [5, 5.41) is 16.1. The van der Waals surface area contributed by atoms with Gasteiger partial charge in [-0.25, -0.2) is 19.6 Å². The van der Waals surface area contributed by atoms with Crippen LogP contribution in [0.25, 0.3) is 11.5 Å². The van der Waals surface area contributed by atoms with E-state index in [2.05, 4.69) is 104 Å². The van der Waals surface area contributed by atoms with E-state index in [-0.39, 0.29) is 56.7 Å². The van der Waals surface area contributed by atoms with Crippen molar-refractivity contribution in [2.75, 3.05) is 13.2 Å². The van der Waals surface area contributed by atoms with Crippen molar-refractivity contribution >= 4 is 5.97 Å². The number of hydrogen-bond donors (Lipinski definition) is 2. The summed E-state index contributed by atoms with van der Waals surface area (Å²) in [7, 11) is 0. The molecule has 0 aromatic carbocycles. The summed E-state index contributed by atoms with van der Waals surface area (Å²) in [6, 6.07) is 1.72. The van der Waals surface area contributed by atoms with Gasteiger partial charge >= 0.3 is 5.97 Å². The molecule has 1 aliphatic heterocycles. The van der Waals surface area contributed by atoms with Gasteiger partial charge in [0.25, 0.3) is 0 Å². The number of nitrogens with zero attached hydrogens (tertiary/aromatic N) is 5. The highest BCUT2D eigenvalue weighted by atomic mass is 16.5. The number of nitrogens with two attached hydrogens (primary N) is 1. The fourth-order valence-corrected chi connectivity index (χ4v) is 13.0. The Kier molecular flexibility index (Phi) is 9.46. The highest BCUT2D eigenvalue weighted by Gasteiger charge is 2.73. The first-order valence-electron chi connectivity index (χ1n) is 20.7. The van der Waals surface area contributed by atoms with Gasteiger partial charge in [-0.15, -0.1) is 0 Å². The molecule has 0 amide bonds. The molecule has 5 aliphatic rings. The van der Waals surface area contributed by atoms with Crippen LogP contribution >= 0.6 is 0 Å². The van der Waals surface area contributed by atoms with Crippen molar-refractivity contribution in [3.63, 3.8) is 0 Å². The third-order valence-corrected chi connectivity index (χ3v) is 17.6. The number of carbonyl (C=O) groups is 1. The quantitative estimate of drug-likeness (QED) is 0.255. The van der Waals surface area contributed by atoms with Crippen LogP contribution in [-0.4, -0.2) is 66.8 Å². The molecular weight excluding hydrogens is 677 g/mol. The number of aliphatic carboxylic acids is 1. The van der Waals surface area contributed by atoms with Crippen molar-refractivity contribution in [3.05, 3.63) is 36.6 Å². The first kappa shape index (κ1) is 39.5. The summed E-state index contributed by atoms with van der Waals surface area (Å²) in [5.74, 6) is 0.898. The van der Waals surface area contributed by atoms with E-state index < -0.39 is 17.4 Å². The third-order valence-electron chi connectivity index (χ3n) is 17.6. The summed E-state index contributed by atoms with van der Waals surface area (Å²) in [6.07, 6.45) is 12.7. The predicted molar refractivity (Wildman–Crippen MR) is 210 cm³/mol. The Labute approximate surface area is 323 Å². The molecule has 3 N–H and O–H groups in total. The van der Waals surface area contributed by atoms with Gasteiger partial charge in [0.15, 0.2) is 5.82 Å². The largest absolute Gasteiger partial charge is 0.481 e. The first-order chi connectivity index (χ1) is 25.1. The van der Waals surface area contributed by atoms with Crippen LogP contribution in [-0.2, 0) is 14.3 Å². The van der Waals surface area contributed by atoms with Crippen molar-refractivity contribution in [3.8, 4) is 11.5 Å². The van der Waals surface area contributed by atoms with Gasteiger partial charge in [-0.2, -0.15) is 5.10 Å². The lowest BCUT2D eigenvalue weighted by molar-refractivity contribution is -0.274. The monoisotopic (exact) mass is 745 g/mol. The summed E-state index contributed by atoms with van der Waals surface area (Å²) >= 11 is 0. The summed E-state index contributed by atoms with van der Waals surface area (Å²) < 4.78 is 16.3. The highest BCUT2D eigenvalue weighted by molar-refractivity contribution is 5.73. The predicted octanol–water partition coefficient (Wildman–Crippen LogP) is 8.40. The average Bonchev–Trinajstić information content (AvgIpc) is 3.59. The zero-order chi connectivity index (χ0) is 39.4. The molecule has 7 rings (SSSR count). The Balaban J connectivity index is 1.38. The van der Waals surface area contributed by atoms with E-state index in [0.717, 1.165) is 44.2 Å².